The van der Waals surface area contributed by atoms with Gasteiger partial charge in [0.25, 0.3) is 12.2 Å². The molecule has 2 aromatic rings. The maximum atomic E-state index is 13.0. The molecule has 0 fully saturated rings. The third kappa shape index (κ3) is 6.42. The van der Waals surface area contributed by atoms with E-state index in [1.54, 1.807) is 36.6 Å². The minimum atomic E-state index is -0.719. The van der Waals surface area contributed by atoms with Gasteiger partial charge >= 0.3 is 6.03 Å². The number of nitriles is 2. The minimum absolute atomic E-state index is 0.0955. The Balaban J connectivity index is 1.74. The van der Waals surface area contributed by atoms with Gasteiger partial charge in [0, 0.05) is 23.2 Å². The number of anilines is 1. The number of nitrogens with one attached hydrogen (secondary N) is 3. The van der Waals surface area contributed by atoms with E-state index >= 15 is 0 Å². The highest BCUT2D eigenvalue weighted by atomic mass is 16.5. The number of amides is 3. The molecule has 9 nitrogen and oxygen atoms in total. The molecule has 1 heterocycles. The molecule has 182 valence electrons. The SMILES string of the molecule is CCCCc1ccc(C#N)cc1NC(=O)NC1(C)CCOc2cc(C(=O)NCCOC#N)ccc21. The van der Waals surface area contributed by atoms with Crippen molar-refractivity contribution in [1.82, 2.24) is 10.6 Å². The van der Waals surface area contributed by atoms with Crippen LogP contribution in [0.2, 0.25) is 0 Å². The molecule has 9 heteroatoms. The summed E-state index contributed by atoms with van der Waals surface area (Å²) < 4.78 is 10.4. The number of fused-ring (bicyclic) bond motifs is 1. The number of aryl methyl sites for hydroxylation is 1. The predicted octanol–water partition coefficient (Wildman–Crippen LogP) is 3.95. The van der Waals surface area contributed by atoms with Gasteiger partial charge in [0.2, 0.25) is 0 Å². The normalized spacial score (nSPS) is 16.0. The van der Waals surface area contributed by atoms with Crippen LogP contribution in [0.15, 0.2) is 36.4 Å². The minimum Gasteiger partial charge on any atom is -0.493 e. The molecule has 0 spiro atoms. The molecule has 3 N–H and O–H groups in total. The summed E-state index contributed by atoms with van der Waals surface area (Å²) in [5.74, 6) is 0.211. The Labute approximate surface area is 205 Å². The molecule has 0 bridgehead atoms. The quantitative estimate of drug-likeness (QED) is 0.371. The fourth-order valence-electron chi connectivity index (χ4n) is 3.98. The van der Waals surface area contributed by atoms with Crippen molar-refractivity contribution < 1.29 is 19.1 Å². The lowest BCUT2D eigenvalue weighted by Gasteiger charge is -2.36. The zero-order chi connectivity index (χ0) is 25.3. The van der Waals surface area contributed by atoms with Crippen LogP contribution in [0.3, 0.4) is 0 Å². The Bertz CT molecular complexity index is 1170. The van der Waals surface area contributed by atoms with Crippen LogP contribution in [-0.2, 0) is 16.7 Å². The molecule has 3 amide bonds. The highest BCUT2D eigenvalue weighted by Crippen LogP contribution is 2.37. The maximum absolute atomic E-state index is 13.0. The molecule has 3 rings (SSSR count). The molecule has 1 aliphatic heterocycles. The van der Waals surface area contributed by atoms with E-state index < -0.39 is 5.54 Å². The van der Waals surface area contributed by atoms with Crippen molar-refractivity contribution in [1.29, 1.82) is 10.5 Å². The van der Waals surface area contributed by atoms with Crippen LogP contribution in [0, 0.1) is 22.8 Å². The molecular weight excluding hydrogens is 446 g/mol. The van der Waals surface area contributed by atoms with Gasteiger partial charge in [-0.2, -0.15) is 10.5 Å². The number of hydrogen-bond donors (Lipinski definition) is 3. The molecule has 0 radical (unpaired) electrons. The first-order valence-electron chi connectivity index (χ1n) is 11.6. The predicted molar refractivity (Wildman–Crippen MR) is 130 cm³/mol. The molecular formula is C26H29N5O4. The molecule has 0 saturated heterocycles. The van der Waals surface area contributed by atoms with Gasteiger partial charge in [0.15, 0.2) is 0 Å². The number of carbonyl (C=O) groups is 2. The average Bonchev–Trinajstić information content (AvgIpc) is 2.85. The molecule has 1 unspecified atom stereocenters. The van der Waals surface area contributed by atoms with Crippen LogP contribution in [0.25, 0.3) is 0 Å². The Kier molecular flexibility index (Phi) is 8.53. The van der Waals surface area contributed by atoms with E-state index in [0.717, 1.165) is 30.4 Å². The highest BCUT2D eigenvalue weighted by molar-refractivity contribution is 5.95. The summed E-state index contributed by atoms with van der Waals surface area (Å²) in [5.41, 5.74) is 2.54. The van der Waals surface area contributed by atoms with Gasteiger partial charge in [-0.15, -0.1) is 0 Å². The van der Waals surface area contributed by atoms with Crippen molar-refractivity contribution in [3.8, 4) is 18.1 Å². The van der Waals surface area contributed by atoms with Crippen molar-refractivity contribution in [2.24, 2.45) is 0 Å². The number of ether oxygens (including phenoxy) is 2. The third-order valence-corrected chi connectivity index (χ3v) is 5.93. The van der Waals surface area contributed by atoms with Gasteiger partial charge in [-0.3, -0.25) is 4.79 Å². The average molecular weight is 476 g/mol. The first-order chi connectivity index (χ1) is 16.9. The van der Waals surface area contributed by atoms with Crippen LogP contribution in [0.5, 0.6) is 5.75 Å². The summed E-state index contributed by atoms with van der Waals surface area (Å²) in [6.07, 6.45) is 4.91. The Morgan fingerprint density at radius 3 is 2.77 bits per heavy atom. The summed E-state index contributed by atoms with van der Waals surface area (Å²) in [6.45, 7) is 4.69. The van der Waals surface area contributed by atoms with E-state index in [1.807, 2.05) is 13.0 Å². The van der Waals surface area contributed by atoms with Crippen molar-refractivity contribution in [3.63, 3.8) is 0 Å². The largest absolute Gasteiger partial charge is 0.493 e. The molecule has 0 aromatic heterocycles. The van der Waals surface area contributed by atoms with Crippen LogP contribution in [0.1, 0.15) is 60.2 Å². The molecule has 0 aliphatic carbocycles. The summed E-state index contributed by atoms with van der Waals surface area (Å²) in [5, 5.41) is 26.3. The lowest BCUT2D eigenvalue weighted by atomic mass is 9.85. The van der Waals surface area contributed by atoms with Gasteiger partial charge < -0.3 is 25.4 Å². The summed E-state index contributed by atoms with van der Waals surface area (Å²) in [7, 11) is 0. The lowest BCUT2D eigenvalue weighted by molar-refractivity contribution is 0.0943. The molecule has 0 saturated carbocycles. The topological polar surface area (TPSA) is 136 Å². The number of nitrogens with zero attached hydrogens (tertiary/aromatic N) is 2. The van der Waals surface area contributed by atoms with E-state index in [0.29, 0.717) is 35.6 Å². The lowest BCUT2D eigenvalue weighted by Crippen LogP contribution is -2.48. The number of urea groups is 1. The van der Waals surface area contributed by atoms with E-state index in [-0.39, 0.29) is 25.1 Å². The van der Waals surface area contributed by atoms with Crippen LogP contribution >= 0.6 is 0 Å². The Hall–Kier alpha value is -4.24. The number of rotatable bonds is 9. The zero-order valence-corrected chi connectivity index (χ0v) is 19.9. The van der Waals surface area contributed by atoms with Gasteiger partial charge in [0.05, 0.1) is 30.3 Å². The first kappa shape index (κ1) is 25.4. The third-order valence-electron chi connectivity index (χ3n) is 5.93. The smallest absolute Gasteiger partial charge is 0.319 e. The second-order valence-electron chi connectivity index (χ2n) is 8.50. The van der Waals surface area contributed by atoms with E-state index in [9.17, 15) is 14.9 Å². The number of benzene rings is 2. The monoisotopic (exact) mass is 475 g/mol. The Morgan fingerprint density at radius 1 is 1.20 bits per heavy atom. The van der Waals surface area contributed by atoms with Crippen LogP contribution < -0.4 is 20.7 Å². The van der Waals surface area contributed by atoms with E-state index in [1.165, 1.54) is 0 Å². The van der Waals surface area contributed by atoms with Crippen molar-refractivity contribution in [2.45, 2.75) is 45.1 Å². The molecule has 35 heavy (non-hydrogen) atoms. The van der Waals surface area contributed by atoms with Gasteiger partial charge in [0.1, 0.15) is 12.4 Å². The molecule has 1 atom stereocenters. The fraction of sp³-hybridized carbons (Fsp3) is 0.385. The standard InChI is InChI=1S/C26H29N5O4/c1-3-4-5-19-7-6-18(16-27)14-22(19)30-25(33)31-26(2)10-12-35-23-15-20(8-9-21(23)26)24(32)29-11-13-34-17-28/h6-9,14-15H,3-5,10-13H2,1-2H3,(H,29,32)(H2,30,31,33). The van der Waals surface area contributed by atoms with Crippen LogP contribution in [-0.4, -0.2) is 31.7 Å². The van der Waals surface area contributed by atoms with Crippen LogP contribution in [0.4, 0.5) is 10.5 Å². The van der Waals surface area contributed by atoms with E-state index in [2.05, 4.69) is 33.7 Å². The second-order valence-corrected chi connectivity index (χ2v) is 8.50. The summed E-state index contributed by atoms with van der Waals surface area (Å²) in [6, 6.07) is 12.2. The number of unbranched alkanes of at least 4 members (excludes halogenated alkanes) is 1. The zero-order valence-electron chi connectivity index (χ0n) is 19.9. The van der Waals surface area contributed by atoms with Gasteiger partial charge in [-0.25, -0.2) is 4.79 Å². The van der Waals surface area contributed by atoms with Crippen molar-refractivity contribution in [2.75, 3.05) is 25.1 Å². The van der Waals surface area contributed by atoms with Crippen molar-refractivity contribution in [3.05, 3.63) is 58.7 Å². The number of carbonyl (C=O) groups excluding carboxylic acids is 2. The van der Waals surface area contributed by atoms with Gasteiger partial charge in [-0.05, 0) is 49.6 Å². The molecule has 2 aromatic carbocycles. The summed E-state index contributed by atoms with van der Waals surface area (Å²) in [4.78, 5) is 25.4. The molecule has 1 aliphatic rings. The fourth-order valence-corrected chi connectivity index (χ4v) is 3.98. The highest BCUT2D eigenvalue weighted by Gasteiger charge is 2.35. The van der Waals surface area contributed by atoms with Gasteiger partial charge in [-0.1, -0.05) is 25.5 Å². The Morgan fingerprint density at radius 2 is 2.03 bits per heavy atom. The first-order valence-corrected chi connectivity index (χ1v) is 11.6. The maximum Gasteiger partial charge on any atom is 0.319 e. The second kappa shape index (κ2) is 11.8. The van der Waals surface area contributed by atoms with Crippen molar-refractivity contribution >= 4 is 17.6 Å². The summed E-state index contributed by atoms with van der Waals surface area (Å²) >= 11 is 0. The van der Waals surface area contributed by atoms with E-state index in [4.69, 9.17) is 10.00 Å². The number of hydrogen-bond acceptors (Lipinski definition) is 6.